The summed E-state index contributed by atoms with van der Waals surface area (Å²) in [4.78, 5) is 0.988. The van der Waals surface area contributed by atoms with Crippen molar-refractivity contribution in [3.8, 4) is 0 Å². The van der Waals surface area contributed by atoms with Gasteiger partial charge >= 0.3 is 0 Å². The number of sulfonamides is 1. The van der Waals surface area contributed by atoms with Gasteiger partial charge in [-0.2, -0.15) is 0 Å². The van der Waals surface area contributed by atoms with Crippen LogP contribution < -0.4 is 5.14 Å². The van der Waals surface area contributed by atoms with E-state index in [1.165, 1.54) is 11.8 Å². The quantitative estimate of drug-likeness (QED) is 0.806. The van der Waals surface area contributed by atoms with Crippen molar-refractivity contribution in [1.29, 1.82) is 0 Å². The largest absolute Gasteiger partial charge is 0.239 e. The maximum atomic E-state index is 11.3. The summed E-state index contributed by atoms with van der Waals surface area (Å²) in [6.07, 6.45) is 0. The van der Waals surface area contributed by atoms with Gasteiger partial charge in [0.25, 0.3) is 0 Å². The molecule has 0 aliphatic rings. The molecule has 0 amide bonds. The zero-order valence-corrected chi connectivity index (χ0v) is 9.78. The third kappa shape index (κ3) is 2.50. The van der Waals surface area contributed by atoms with E-state index in [1.807, 2.05) is 13.0 Å². The fourth-order valence-electron chi connectivity index (χ4n) is 1.26. The molecule has 0 saturated heterocycles. The zero-order chi connectivity index (χ0) is 10.8. The first-order valence-electron chi connectivity index (χ1n) is 4.22. The van der Waals surface area contributed by atoms with E-state index in [-0.39, 0.29) is 4.90 Å². The van der Waals surface area contributed by atoms with E-state index in [2.05, 4.69) is 0 Å². The van der Waals surface area contributed by atoms with Gasteiger partial charge in [-0.05, 0) is 24.3 Å². The molecule has 0 radical (unpaired) electrons. The summed E-state index contributed by atoms with van der Waals surface area (Å²) in [6.45, 7) is 3.72. The van der Waals surface area contributed by atoms with Crippen LogP contribution >= 0.6 is 11.8 Å². The Kier molecular flexibility index (Phi) is 3.58. The minimum atomic E-state index is -3.61. The summed E-state index contributed by atoms with van der Waals surface area (Å²) in [5.74, 6) is 0.825. The van der Waals surface area contributed by atoms with Crippen molar-refractivity contribution in [1.82, 2.24) is 0 Å². The Morgan fingerprint density at radius 2 is 2.07 bits per heavy atom. The first-order chi connectivity index (χ1) is 6.46. The summed E-state index contributed by atoms with van der Waals surface area (Å²) < 4.78 is 22.6. The molecule has 3 nitrogen and oxygen atoms in total. The van der Waals surface area contributed by atoms with E-state index in [0.29, 0.717) is 5.56 Å². The molecule has 0 heterocycles. The predicted octanol–water partition coefficient (Wildman–Crippen LogP) is 1.75. The molecule has 2 N–H and O–H groups in total. The lowest BCUT2D eigenvalue weighted by Crippen LogP contribution is -2.14. The minimum absolute atomic E-state index is 0.256. The Morgan fingerprint density at radius 3 is 2.57 bits per heavy atom. The smallest absolute Gasteiger partial charge is 0.225 e. The molecule has 0 aliphatic carbocycles. The average Bonchev–Trinajstić information content (AvgIpc) is 2.02. The second-order valence-corrected chi connectivity index (χ2v) is 5.68. The summed E-state index contributed by atoms with van der Waals surface area (Å²) >= 11 is 1.48. The van der Waals surface area contributed by atoms with Gasteiger partial charge in [-0.3, -0.25) is 0 Å². The highest BCUT2D eigenvalue weighted by Gasteiger charge is 2.16. The SMILES string of the molecule is CCSc1cccc(C)c1S(N)(=O)=O. The summed E-state index contributed by atoms with van der Waals surface area (Å²) in [6, 6.07) is 5.36. The van der Waals surface area contributed by atoms with Crippen LogP contribution in [0.25, 0.3) is 0 Å². The fourth-order valence-corrected chi connectivity index (χ4v) is 3.43. The molecule has 0 atom stereocenters. The number of hydrogen-bond acceptors (Lipinski definition) is 3. The van der Waals surface area contributed by atoms with Crippen LogP contribution in [0.2, 0.25) is 0 Å². The topological polar surface area (TPSA) is 60.2 Å². The van der Waals surface area contributed by atoms with Crippen LogP contribution in [0.3, 0.4) is 0 Å². The molecule has 0 saturated carbocycles. The molecule has 0 aromatic heterocycles. The number of thioether (sulfide) groups is 1. The molecule has 1 aromatic carbocycles. The van der Waals surface area contributed by atoms with Gasteiger partial charge in [0, 0.05) is 4.90 Å². The van der Waals surface area contributed by atoms with E-state index in [4.69, 9.17) is 5.14 Å². The van der Waals surface area contributed by atoms with Gasteiger partial charge in [-0.25, -0.2) is 13.6 Å². The number of aryl methyl sites for hydroxylation is 1. The van der Waals surface area contributed by atoms with Gasteiger partial charge in [0.1, 0.15) is 0 Å². The van der Waals surface area contributed by atoms with Gasteiger partial charge < -0.3 is 0 Å². The Hall–Kier alpha value is -0.520. The molecule has 0 bridgehead atoms. The predicted molar refractivity (Wildman–Crippen MR) is 59.0 cm³/mol. The molecule has 0 spiro atoms. The number of primary sulfonamides is 1. The average molecular weight is 231 g/mol. The lowest BCUT2D eigenvalue weighted by Gasteiger charge is -2.08. The Bertz CT molecular complexity index is 426. The Balaban J connectivity index is 3.37. The summed E-state index contributed by atoms with van der Waals surface area (Å²) in [7, 11) is -3.61. The van der Waals surface area contributed by atoms with Gasteiger partial charge in [0.05, 0.1) is 4.90 Å². The van der Waals surface area contributed by atoms with E-state index in [9.17, 15) is 8.42 Å². The van der Waals surface area contributed by atoms with E-state index in [0.717, 1.165) is 10.6 Å². The molecule has 0 unspecified atom stereocenters. The molecule has 0 fully saturated rings. The van der Waals surface area contributed by atoms with Gasteiger partial charge in [0.15, 0.2) is 0 Å². The first kappa shape index (κ1) is 11.6. The molecule has 1 aromatic rings. The molecule has 0 aliphatic heterocycles. The second-order valence-electron chi connectivity index (χ2n) is 2.88. The Morgan fingerprint density at radius 1 is 1.43 bits per heavy atom. The van der Waals surface area contributed by atoms with E-state index < -0.39 is 10.0 Å². The van der Waals surface area contributed by atoms with Gasteiger partial charge in [0.2, 0.25) is 10.0 Å². The van der Waals surface area contributed by atoms with Crippen molar-refractivity contribution in [2.45, 2.75) is 23.6 Å². The molecule has 78 valence electrons. The number of nitrogens with two attached hydrogens (primary N) is 1. The molecule has 14 heavy (non-hydrogen) atoms. The van der Waals surface area contributed by atoms with Crippen LogP contribution in [-0.2, 0) is 10.0 Å². The van der Waals surface area contributed by atoms with Crippen molar-refractivity contribution in [3.63, 3.8) is 0 Å². The lowest BCUT2D eigenvalue weighted by molar-refractivity contribution is 0.595. The van der Waals surface area contributed by atoms with Crippen LogP contribution in [-0.4, -0.2) is 14.2 Å². The highest BCUT2D eigenvalue weighted by Crippen LogP contribution is 2.27. The second kappa shape index (κ2) is 4.33. The fraction of sp³-hybridized carbons (Fsp3) is 0.333. The monoisotopic (exact) mass is 231 g/mol. The number of benzene rings is 1. The van der Waals surface area contributed by atoms with Crippen molar-refractivity contribution < 1.29 is 8.42 Å². The van der Waals surface area contributed by atoms with Crippen LogP contribution in [0.15, 0.2) is 28.0 Å². The highest BCUT2D eigenvalue weighted by atomic mass is 32.2. The highest BCUT2D eigenvalue weighted by molar-refractivity contribution is 8.00. The van der Waals surface area contributed by atoms with Gasteiger partial charge in [-0.1, -0.05) is 19.1 Å². The van der Waals surface area contributed by atoms with E-state index >= 15 is 0 Å². The third-order valence-electron chi connectivity index (χ3n) is 1.76. The molecular formula is C9H13NO2S2. The molecule has 5 heteroatoms. The summed E-state index contributed by atoms with van der Waals surface area (Å²) in [5.41, 5.74) is 0.700. The first-order valence-corrected chi connectivity index (χ1v) is 6.75. The number of rotatable bonds is 3. The Labute approximate surface area is 88.8 Å². The molecular weight excluding hydrogens is 218 g/mol. The zero-order valence-electron chi connectivity index (χ0n) is 8.15. The standard InChI is InChI=1S/C9H13NO2S2/c1-3-13-8-6-4-5-7(2)9(8)14(10,11)12/h4-6H,3H2,1-2H3,(H2,10,11,12). The summed E-state index contributed by atoms with van der Waals surface area (Å²) in [5, 5.41) is 5.15. The van der Waals surface area contributed by atoms with Gasteiger partial charge in [-0.15, -0.1) is 11.8 Å². The number of hydrogen-bond donors (Lipinski definition) is 1. The van der Waals surface area contributed by atoms with Crippen molar-refractivity contribution >= 4 is 21.8 Å². The van der Waals surface area contributed by atoms with Crippen LogP contribution in [0.5, 0.6) is 0 Å². The van der Waals surface area contributed by atoms with Crippen LogP contribution in [0.4, 0.5) is 0 Å². The van der Waals surface area contributed by atoms with Crippen LogP contribution in [0.1, 0.15) is 12.5 Å². The minimum Gasteiger partial charge on any atom is -0.225 e. The molecule has 1 rings (SSSR count). The van der Waals surface area contributed by atoms with Crippen molar-refractivity contribution in [2.75, 3.05) is 5.75 Å². The lowest BCUT2D eigenvalue weighted by atomic mass is 10.2. The van der Waals surface area contributed by atoms with E-state index in [1.54, 1.807) is 19.1 Å². The normalized spacial score (nSPS) is 11.6. The van der Waals surface area contributed by atoms with Crippen molar-refractivity contribution in [3.05, 3.63) is 23.8 Å². The third-order valence-corrected chi connectivity index (χ3v) is 3.94. The van der Waals surface area contributed by atoms with Crippen molar-refractivity contribution in [2.24, 2.45) is 5.14 Å². The van der Waals surface area contributed by atoms with Crippen LogP contribution in [0, 0.1) is 6.92 Å². The maximum Gasteiger partial charge on any atom is 0.239 e. The maximum absolute atomic E-state index is 11.3.